The highest BCUT2D eigenvalue weighted by molar-refractivity contribution is 7.93. The summed E-state index contributed by atoms with van der Waals surface area (Å²) in [6.07, 6.45) is 3.52. The number of nitriles is 1. The standard InChI is InChI=1S/C36H40FN7O7S/c1-3-51-33-28(5-4-12-39-33)36(40-35(46)43-17-15-42(16-18-43)26-10-13-41(14-11-26)27-22-50-23-27)29-19-24(21-38)6-8-30(29)44(34(36)45)52(47,48)32-9-7-25(37)20-31(32)49-2/h4-9,12,19-20,26-27H,3,10-11,13-18,22-23H2,1-2H3,(H,40,46)/t36-/m1/s1. The quantitative estimate of drug-likeness (QED) is 0.345. The molecule has 4 aliphatic rings. The Morgan fingerprint density at radius 2 is 1.77 bits per heavy atom. The molecule has 3 aromatic rings. The van der Waals surface area contributed by atoms with Gasteiger partial charge in [0.25, 0.3) is 15.9 Å². The summed E-state index contributed by atoms with van der Waals surface area (Å²) in [7, 11) is -3.62. The molecule has 0 unspecified atom stereocenters. The van der Waals surface area contributed by atoms with Crippen LogP contribution in [0, 0.1) is 17.1 Å². The number of sulfonamides is 1. The van der Waals surface area contributed by atoms with Crippen molar-refractivity contribution in [3.8, 4) is 17.7 Å². The fourth-order valence-electron chi connectivity index (χ4n) is 7.61. The average molecular weight is 734 g/mol. The normalized spacial score (nSPS) is 21.7. The molecule has 4 aliphatic heterocycles. The number of methoxy groups -OCH3 is 1. The van der Waals surface area contributed by atoms with E-state index in [1.807, 2.05) is 0 Å². The van der Waals surface area contributed by atoms with Gasteiger partial charge in [-0.3, -0.25) is 14.6 Å². The summed E-state index contributed by atoms with van der Waals surface area (Å²) in [6.45, 7) is 7.47. The predicted molar refractivity (Wildman–Crippen MR) is 186 cm³/mol. The minimum Gasteiger partial charge on any atom is -0.495 e. The topological polar surface area (TPSA) is 158 Å². The van der Waals surface area contributed by atoms with Crippen molar-refractivity contribution in [2.24, 2.45) is 0 Å². The van der Waals surface area contributed by atoms with Crippen molar-refractivity contribution in [1.29, 1.82) is 5.26 Å². The number of carbonyl (C=O) groups excluding carboxylic acids is 2. The monoisotopic (exact) mass is 733 g/mol. The van der Waals surface area contributed by atoms with Crippen LogP contribution in [0.2, 0.25) is 0 Å². The molecule has 5 heterocycles. The predicted octanol–water partition coefficient (Wildman–Crippen LogP) is 2.67. The van der Waals surface area contributed by atoms with E-state index in [1.165, 1.54) is 37.6 Å². The summed E-state index contributed by atoms with van der Waals surface area (Å²) in [5.74, 6) is -2.12. The molecule has 1 N–H and O–H groups in total. The van der Waals surface area contributed by atoms with Crippen molar-refractivity contribution >= 4 is 27.6 Å². The molecule has 3 amide bonds. The van der Waals surface area contributed by atoms with Gasteiger partial charge in [-0.05, 0) is 62.2 Å². The summed E-state index contributed by atoms with van der Waals surface area (Å²) in [6, 6.07) is 12.4. The van der Waals surface area contributed by atoms with Gasteiger partial charge in [0.05, 0.1) is 55.9 Å². The summed E-state index contributed by atoms with van der Waals surface area (Å²) in [5.41, 5.74) is -2.07. The number of carbonyl (C=O) groups is 2. The average Bonchev–Trinajstić information content (AvgIpc) is 3.38. The molecule has 0 radical (unpaired) electrons. The number of pyridine rings is 1. The Morgan fingerprint density at radius 3 is 2.42 bits per heavy atom. The van der Waals surface area contributed by atoms with Crippen molar-refractivity contribution < 1.29 is 36.6 Å². The van der Waals surface area contributed by atoms with E-state index in [1.54, 1.807) is 17.9 Å². The van der Waals surface area contributed by atoms with Gasteiger partial charge in [0.2, 0.25) is 5.88 Å². The third-order valence-corrected chi connectivity index (χ3v) is 12.1. The molecule has 2 aromatic carbocycles. The van der Waals surface area contributed by atoms with Gasteiger partial charge >= 0.3 is 6.03 Å². The van der Waals surface area contributed by atoms with Gasteiger partial charge < -0.3 is 24.4 Å². The molecule has 0 bridgehead atoms. The third-order valence-electron chi connectivity index (χ3n) is 10.4. The van der Waals surface area contributed by atoms with Gasteiger partial charge in [-0.1, -0.05) is 0 Å². The molecule has 16 heteroatoms. The van der Waals surface area contributed by atoms with Crippen LogP contribution < -0.4 is 19.1 Å². The number of benzene rings is 2. The molecule has 14 nitrogen and oxygen atoms in total. The molecule has 0 spiro atoms. The van der Waals surface area contributed by atoms with Gasteiger partial charge in [-0.15, -0.1) is 0 Å². The maximum absolute atomic E-state index is 15.1. The zero-order valence-corrected chi connectivity index (χ0v) is 29.8. The number of rotatable bonds is 9. The minimum absolute atomic E-state index is 0.00445. The Kier molecular flexibility index (Phi) is 9.79. The molecular formula is C36H40FN7O7S. The number of ether oxygens (including phenoxy) is 3. The second-order valence-electron chi connectivity index (χ2n) is 13.2. The van der Waals surface area contributed by atoms with Gasteiger partial charge in [-0.25, -0.2) is 22.6 Å². The smallest absolute Gasteiger partial charge is 0.318 e. The first-order valence-electron chi connectivity index (χ1n) is 17.3. The fourth-order valence-corrected chi connectivity index (χ4v) is 9.21. The molecule has 7 rings (SSSR count). The number of fused-ring (bicyclic) bond motifs is 1. The van der Waals surface area contributed by atoms with Crippen LogP contribution in [0.3, 0.4) is 0 Å². The van der Waals surface area contributed by atoms with E-state index in [4.69, 9.17) is 14.2 Å². The molecule has 52 heavy (non-hydrogen) atoms. The van der Waals surface area contributed by atoms with Crippen molar-refractivity contribution in [3.05, 3.63) is 77.2 Å². The number of piperazine rings is 1. The second-order valence-corrected chi connectivity index (χ2v) is 14.9. The Morgan fingerprint density at radius 1 is 1.04 bits per heavy atom. The molecular weight excluding hydrogens is 694 g/mol. The molecule has 1 atom stereocenters. The lowest BCUT2D eigenvalue weighted by atomic mass is 9.83. The van der Waals surface area contributed by atoms with Gasteiger partial charge in [0, 0.05) is 63.1 Å². The Balaban J connectivity index is 1.24. The Bertz CT molecular complexity index is 2010. The van der Waals surface area contributed by atoms with Crippen molar-refractivity contribution in [2.45, 2.75) is 42.3 Å². The number of hydrogen-bond donors (Lipinski definition) is 1. The lowest BCUT2D eigenvalue weighted by Crippen LogP contribution is -2.61. The van der Waals surface area contributed by atoms with Crippen LogP contribution in [0.15, 0.2) is 59.6 Å². The number of amides is 3. The zero-order valence-electron chi connectivity index (χ0n) is 29.0. The van der Waals surface area contributed by atoms with E-state index in [2.05, 4.69) is 26.2 Å². The van der Waals surface area contributed by atoms with E-state index >= 15 is 4.79 Å². The number of nitrogens with zero attached hydrogens (tertiary/aromatic N) is 6. The first-order chi connectivity index (χ1) is 25.1. The lowest BCUT2D eigenvalue weighted by molar-refractivity contribution is -0.121. The number of anilines is 1. The van der Waals surface area contributed by atoms with Crippen LogP contribution in [0.1, 0.15) is 36.5 Å². The van der Waals surface area contributed by atoms with Crippen LogP contribution in [-0.2, 0) is 25.1 Å². The van der Waals surface area contributed by atoms with E-state index in [9.17, 15) is 22.9 Å². The van der Waals surface area contributed by atoms with Crippen molar-refractivity contribution in [2.75, 3.05) is 70.5 Å². The van der Waals surface area contributed by atoms with Crippen LogP contribution >= 0.6 is 0 Å². The number of nitrogens with one attached hydrogen (secondary N) is 1. The maximum Gasteiger partial charge on any atom is 0.318 e. The molecule has 3 fully saturated rings. The third kappa shape index (κ3) is 6.11. The molecule has 3 saturated heterocycles. The van der Waals surface area contributed by atoms with Crippen LogP contribution in [0.4, 0.5) is 14.9 Å². The highest BCUT2D eigenvalue weighted by atomic mass is 32.2. The van der Waals surface area contributed by atoms with Crippen LogP contribution in [-0.4, -0.2) is 118 Å². The number of urea groups is 1. The minimum atomic E-state index is -4.81. The number of halogens is 1. The summed E-state index contributed by atoms with van der Waals surface area (Å²) in [5, 5.41) is 12.8. The van der Waals surface area contributed by atoms with E-state index < -0.39 is 38.2 Å². The molecule has 0 saturated carbocycles. The van der Waals surface area contributed by atoms with Crippen molar-refractivity contribution in [3.63, 3.8) is 0 Å². The highest BCUT2D eigenvalue weighted by Crippen LogP contribution is 2.50. The summed E-state index contributed by atoms with van der Waals surface area (Å²) < 4.78 is 60.2. The highest BCUT2D eigenvalue weighted by Gasteiger charge is 2.59. The molecule has 0 aliphatic carbocycles. The Labute approximate surface area is 301 Å². The van der Waals surface area contributed by atoms with Crippen molar-refractivity contribution in [1.82, 2.24) is 25.0 Å². The first-order valence-corrected chi connectivity index (χ1v) is 18.8. The summed E-state index contributed by atoms with van der Waals surface area (Å²) in [4.78, 5) is 39.9. The van der Waals surface area contributed by atoms with E-state index in [0.29, 0.717) is 42.6 Å². The molecule has 274 valence electrons. The number of piperidine rings is 1. The largest absolute Gasteiger partial charge is 0.495 e. The first kappa shape index (κ1) is 35.6. The van der Waals surface area contributed by atoms with E-state index in [0.717, 1.165) is 57.3 Å². The fraction of sp³-hybridized carbons (Fsp3) is 0.444. The van der Waals surface area contributed by atoms with Crippen LogP contribution in [0.25, 0.3) is 0 Å². The second kappa shape index (κ2) is 14.3. The van der Waals surface area contributed by atoms with E-state index in [-0.39, 0.29) is 40.6 Å². The number of likely N-dealkylation sites (tertiary alicyclic amines) is 1. The maximum atomic E-state index is 15.1. The SMILES string of the molecule is CCOc1ncccc1[C@]1(NC(=O)N2CCN(C3CCN(C4COC4)CC3)CC2)C(=O)N(S(=O)(=O)c2ccc(F)cc2OC)c2ccc(C#N)cc21. The van der Waals surface area contributed by atoms with Gasteiger partial charge in [0.15, 0.2) is 5.54 Å². The Hall–Kier alpha value is -4.82. The molecule has 1 aromatic heterocycles. The lowest BCUT2D eigenvalue weighted by Gasteiger charge is -2.46. The number of aromatic nitrogens is 1. The number of hydrogen-bond acceptors (Lipinski definition) is 11. The van der Waals surface area contributed by atoms with Gasteiger partial charge in [0.1, 0.15) is 16.5 Å². The summed E-state index contributed by atoms with van der Waals surface area (Å²) >= 11 is 0. The van der Waals surface area contributed by atoms with Gasteiger partial charge in [-0.2, -0.15) is 9.57 Å². The zero-order chi connectivity index (χ0) is 36.6. The van der Waals surface area contributed by atoms with Crippen LogP contribution in [0.5, 0.6) is 11.6 Å².